The van der Waals surface area contributed by atoms with Crippen LogP contribution in [-0.4, -0.2) is 49.1 Å². The zero-order valence-electron chi connectivity index (χ0n) is 20.3. The first kappa shape index (κ1) is 24.8. The summed E-state index contributed by atoms with van der Waals surface area (Å²) in [6.45, 7) is 7.11. The van der Waals surface area contributed by atoms with Gasteiger partial charge in [-0.3, -0.25) is 9.69 Å². The van der Waals surface area contributed by atoms with Crippen LogP contribution in [0, 0.1) is 6.92 Å². The first-order valence-corrected chi connectivity index (χ1v) is 14.3. The fourth-order valence-corrected chi connectivity index (χ4v) is 6.77. The van der Waals surface area contributed by atoms with Crippen LogP contribution in [-0.2, 0) is 17.8 Å². The van der Waals surface area contributed by atoms with Gasteiger partial charge in [-0.2, -0.15) is 0 Å². The van der Waals surface area contributed by atoms with Crippen molar-refractivity contribution in [3.05, 3.63) is 62.9 Å². The zero-order valence-corrected chi connectivity index (χ0v) is 22.7. The molecule has 3 heterocycles. The molecule has 1 aromatic heterocycles. The number of hydrogen-bond donors (Lipinski definition) is 2. The normalized spacial score (nSPS) is 18.1. The minimum absolute atomic E-state index is 0.140. The Labute approximate surface area is 220 Å². The van der Waals surface area contributed by atoms with Crippen LogP contribution < -0.4 is 15.4 Å². The number of carbonyl (C=O) groups excluding carboxylic acids is 1. The number of nitrogens with one attached hydrogen (secondary N) is 2. The maximum Gasteiger partial charge on any atom is 0.225 e. The van der Waals surface area contributed by atoms with Gasteiger partial charge in [-0.1, -0.05) is 18.2 Å². The largest absolute Gasteiger partial charge is 0.489 e. The second kappa shape index (κ2) is 11.4. The van der Waals surface area contributed by atoms with Crippen molar-refractivity contribution < 1.29 is 9.53 Å². The van der Waals surface area contributed by atoms with Crippen LogP contribution >= 0.6 is 27.3 Å². The first-order chi connectivity index (χ1) is 17.0. The summed E-state index contributed by atoms with van der Waals surface area (Å²) in [6.07, 6.45) is 4.88. The lowest BCUT2D eigenvalue weighted by atomic mass is 10.0. The number of carbonyl (C=O) groups is 1. The van der Waals surface area contributed by atoms with Crippen LogP contribution in [0.5, 0.6) is 5.75 Å². The van der Waals surface area contributed by atoms with Crippen LogP contribution in [0.25, 0.3) is 10.1 Å². The predicted molar refractivity (Wildman–Crippen MR) is 147 cm³/mol. The Bertz CT molecular complexity index is 1170. The molecule has 2 saturated heterocycles. The first-order valence-electron chi connectivity index (χ1n) is 12.7. The van der Waals surface area contributed by atoms with Gasteiger partial charge >= 0.3 is 0 Å². The number of likely N-dealkylation sites (tertiary alicyclic amines) is 1. The number of thiophene rings is 1. The van der Waals surface area contributed by atoms with Gasteiger partial charge in [-0.05, 0) is 102 Å². The average Bonchev–Trinajstić information content (AvgIpc) is 3.26. The van der Waals surface area contributed by atoms with Crippen LogP contribution in [0.4, 0.5) is 0 Å². The number of rotatable bonds is 7. The summed E-state index contributed by atoms with van der Waals surface area (Å²) >= 11 is 5.44. The second-order valence-electron chi connectivity index (χ2n) is 9.83. The molecule has 186 valence electrons. The third-order valence-electron chi connectivity index (χ3n) is 7.10. The molecule has 5 nitrogen and oxygen atoms in total. The number of halogens is 1. The molecule has 0 atom stereocenters. The Morgan fingerprint density at radius 1 is 1.14 bits per heavy atom. The van der Waals surface area contributed by atoms with Gasteiger partial charge in [0.05, 0.1) is 10.9 Å². The molecule has 2 aliphatic rings. The fraction of sp³-hybridized carbons (Fsp3) is 0.464. The van der Waals surface area contributed by atoms with Gasteiger partial charge < -0.3 is 15.4 Å². The van der Waals surface area contributed by atoms with E-state index in [9.17, 15) is 4.79 Å². The van der Waals surface area contributed by atoms with E-state index in [1.807, 2.05) is 0 Å². The van der Waals surface area contributed by atoms with E-state index in [4.69, 9.17) is 4.74 Å². The van der Waals surface area contributed by atoms with Crippen LogP contribution in [0.2, 0.25) is 0 Å². The van der Waals surface area contributed by atoms with E-state index in [1.54, 1.807) is 11.3 Å². The van der Waals surface area contributed by atoms with E-state index < -0.39 is 0 Å². The topological polar surface area (TPSA) is 53.6 Å². The maximum absolute atomic E-state index is 12.7. The van der Waals surface area contributed by atoms with E-state index in [-0.39, 0.29) is 11.9 Å². The van der Waals surface area contributed by atoms with Gasteiger partial charge in [0.1, 0.15) is 11.9 Å². The number of aryl methyl sites for hydroxylation is 1. The molecular weight excluding hydrogens is 522 g/mol. The van der Waals surface area contributed by atoms with Crippen molar-refractivity contribution in [1.82, 2.24) is 15.5 Å². The highest BCUT2D eigenvalue weighted by molar-refractivity contribution is 9.10. The number of ether oxygens (including phenoxy) is 1. The van der Waals surface area contributed by atoms with Crippen LogP contribution in [0.3, 0.4) is 0 Å². The third kappa shape index (κ3) is 6.45. The molecule has 2 N–H and O–H groups in total. The number of amides is 1. The monoisotopic (exact) mass is 555 g/mol. The summed E-state index contributed by atoms with van der Waals surface area (Å²) < 4.78 is 8.50. The van der Waals surface area contributed by atoms with E-state index in [0.717, 1.165) is 73.5 Å². The van der Waals surface area contributed by atoms with Crippen LogP contribution in [0.1, 0.15) is 41.7 Å². The molecule has 2 aliphatic heterocycles. The van der Waals surface area contributed by atoms with Crippen LogP contribution in [0.15, 0.2) is 46.9 Å². The number of benzene rings is 2. The third-order valence-corrected chi connectivity index (χ3v) is 8.82. The average molecular weight is 557 g/mol. The Morgan fingerprint density at radius 3 is 2.69 bits per heavy atom. The molecule has 0 spiro atoms. The summed E-state index contributed by atoms with van der Waals surface area (Å²) in [7, 11) is 0. The second-order valence-corrected chi connectivity index (χ2v) is 11.8. The molecule has 0 radical (unpaired) electrons. The smallest absolute Gasteiger partial charge is 0.225 e. The lowest BCUT2D eigenvalue weighted by Crippen LogP contribution is -2.44. The summed E-state index contributed by atoms with van der Waals surface area (Å²) in [6, 6.07) is 15.3. The highest BCUT2D eigenvalue weighted by Crippen LogP contribution is 2.30. The molecule has 0 unspecified atom stereocenters. The lowest BCUT2D eigenvalue weighted by molar-refractivity contribution is -0.121. The molecule has 7 heteroatoms. The van der Waals surface area contributed by atoms with E-state index in [2.05, 4.69) is 80.9 Å². The van der Waals surface area contributed by atoms with Gasteiger partial charge in [0.25, 0.3) is 0 Å². The molecule has 0 aliphatic carbocycles. The predicted octanol–water partition coefficient (Wildman–Crippen LogP) is 5.43. The fourth-order valence-electron chi connectivity index (χ4n) is 5.11. The number of piperidine rings is 2. The van der Waals surface area contributed by atoms with Crippen molar-refractivity contribution in [2.24, 2.45) is 0 Å². The lowest BCUT2D eigenvalue weighted by Gasteiger charge is -2.32. The molecule has 1 amide bonds. The van der Waals surface area contributed by atoms with E-state index >= 15 is 0 Å². The number of nitrogens with zero attached hydrogens (tertiary/aromatic N) is 1. The quantitative estimate of drug-likeness (QED) is 0.408. The van der Waals surface area contributed by atoms with Gasteiger partial charge in [0.2, 0.25) is 5.91 Å². The van der Waals surface area contributed by atoms with Crippen molar-refractivity contribution in [2.75, 3.05) is 26.2 Å². The Hall–Kier alpha value is -1.93. The van der Waals surface area contributed by atoms with Crippen molar-refractivity contribution in [3.63, 3.8) is 0 Å². The Morgan fingerprint density at radius 2 is 1.94 bits per heavy atom. The summed E-state index contributed by atoms with van der Waals surface area (Å²) in [5, 5.41) is 7.93. The molecule has 0 saturated carbocycles. The van der Waals surface area contributed by atoms with Gasteiger partial charge in [0, 0.05) is 35.3 Å². The molecule has 0 bridgehead atoms. The number of hydrogen-bond acceptors (Lipinski definition) is 5. The van der Waals surface area contributed by atoms with Crippen molar-refractivity contribution in [3.8, 4) is 5.75 Å². The Balaban J connectivity index is 1.07. The van der Waals surface area contributed by atoms with Gasteiger partial charge in [0.15, 0.2) is 0 Å². The highest BCUT2D eigenvalue weighted by Gasteiger charge is 2.22. The zero-order chi connectivity index (χ0) is 24.2. The SMILES string of the molecule is Cc1cccc2sc(CC(=O)NC3CCN(Cc4ccc(OC5CCNCC5)c(Br)c4)CC3)cc12. The molecule has 35 heavy (non-hydrogen) atoms. The van der Waals surface area contributed by atoms with Crippen molar-refractivity contribution in [2.45, 2.75) is 57.7 Å². The maximum atomic E-state index is 12.7. The minimum atomic E-state index is 0.140. The summed E-state index contributed by atoms with van der Waals surface area (Å²) in [4.78, 5) is 16.3. The standard InChI is InChI=1S/C28H34BrN3O2S/c1-19-3-2-4-27-24(19)16-23(35-27)17-28(33)31-21-9-13-32(14-10-21)18-20-5-6-26(25(29)15-20)34-22-7-11-30-12-8-22/h2-6,15-16,21-22,30H,7-14,17-18H2,1H3,(H,31,33). The highest BCUT2D eigenvalue weighted by atomic mass is 79.9. The van der Waals surface area contributed by atoms with Crippen molar-refractivity contribution in [1.29, 1.82) is 0 Å². The van der Waals surface area contributed by atoms with E-state index in [0.29, 0.717) is 12.5 Å². The summed E-state index contributed by atoms with van der Waals surface area (Å²) in [5.74, 6) is 1.08. The Kier molecular flexibility index (Phi) is 8.07. The van der Waals surface area contributed by atoms with Crippen molar-refractivity contribution >= 4 is 43.3 Å². The molecule has 5 rings (SSSR count). The van der Waals surface area contributed by atoms with Gasteiger partial charge in [-0.15, -0.1) is 11.3 Å². The number of fused-ring (bicyclic) bond motifs is 1. The molecule has 2 fully saturated rings. The molecule has 3 aromatic rings. The summed E-state index contributed by atoms with van der Waals surface area (Å²) in [5.41, 5.74) is 2.56. The molecule has 2 aromatic carbocycles. The molecular formula is C28H34BrN3O2S. The minimum Gasteiger partial charge on any atom is -0.489 e. The van der Waals surface area contributed by atoms with E-state index in [1.165, 1.54) is 21.2 Å². The van der Waals surface area contributed by atoms with Gasteiger partial charge in [-0.25, -0.2) is 0 Å².